The Kier molecular flexibility index (Phi) is 2.97. The van der Waals surface area contributed by atoms with Crippen molar-refractivity contribution >= 4 is 0 Å². The summed E-state index contributed by atoms with van der Waals surface area (Å²) in [6.45, 7) is 1.68. The lowest BCUT2D eigenvalue weighted by atomic mass is 10.0. The van der Waals surface area contributed by atoms with E-state index in [0.717, 1.165) is 16.7 Å². The maximum atomic E-state index is 13.0. The van der Waals surface area contributed by atoms with Gasteiger partial charge in [-0.05, 0) is 30.2 Å². The molecule has 0 saturated carbocycles. The monoisotopic (exact) mass is 217 g/mol. The van der Waals surface area contributed by atoms with Crippen LogP contribution in [0.2, 0.25) is 0 Å². The molecular weight excluding hydrogens is 205 g/mol. The Morgan fingerprint density at radius 1 is 1.25 bits per heavy atom. The van der Waals surface area contributed by atoms with Crippen molar-refractivity contribution in [1.29, 1.82) is 0 Å². The van der Waals surface area contributed by atoms with Crippen molar-refractivity contribution in [3.63, 3.8) is 0 Å². The number of hydrogen-bond acceptors (Lipinski definition) is 2. The summed E-state index contributed by atoms with van der Waals surface area (Å²) in [5, 5.41) is 9.03. The Balaban J connectivity index is 2.46. The molecule has 16 heavy (non-hydrogen) atoms. The topological polar surface area (TPSA) is 33.1 Å². The van der Waals surface area contributed by atoms with Crippen molar-refractivity contribution in [3.8, 4) is 11.1 Å². The lowest BCUT2D eigenvalue weighted by Crippen LogP contribution is -1.90. The molecule has 1 aromatic carbocycles. The first-order valence-corrected chi connectivity index (χ1v) is 5.03. The molecule has 0 atom stereocenters. The van der Waals surface area contributed by atoms with Crippen LogP contribution in [0.3, 0.4) is 0 Å². The van der Waals surface area contributed by atoms with Crippen LogP contribution < -0.4 is 0 Å². The molecule has 82 valence electrons. The Morgan fingerprint density at radius 3 is 2.75 bits per heavy atom. The predicted octanol–water partition coefficient (Wildman–Crippen LogP) is 2.69. The first-order valence-electron chi connectivity index (χ1n) is 5.03. The van der Waals surface area contributed by atoms with Gasteiger partial charge in [0.05, 0.1) is 6.61 Å². The third kappa shape index (κ3) is 2.09. The average Bonchev–Trinajstić information content (AvgIpc) is 2.33. The number of benzene rings is 1. The number of aromatic nitrogens is 1. The second-order valence-electron chi connectivity index (χ2n) is 3.69. The highest BCUT2D eigenvalue weighted by Crippen LogP contribution is 2.21. The first kappa shape index (κ1) is 10.8. The van der Waals surface area contributed by atoms with E-state index in [9.17, 15) is 4.39 Å². The third-order valence-corrected chi connectivity index (χ3v) is 2.46. The molecule has 3 heteroatoms. The Bertz CT molecular complexity index is 511. The van der Waals surface area contributed by atoms with Gasteiger partial charge in [-0.2, -0.15) is 4.39 Å². The molecule has 0 aliphatic rings. The van der Waals surface area contributed by atoms with Gasteiger partial charge in [-0.3, -0.25) is 0 Å². The van der Waals surface area contributed by atoms with Crippen LogP contribution in [0.25, 0.3) is 11.1 Å². The van der Waals surface area contributed by atoms with Crippen LogP contribution in [0, 0.1) is 12.9 Å². The number of rotatable bonds is 2. The van der Waals surface area contributed by atoms with E-state index < -0.39 is 5.95 Å². The summed E-state index contributed by atoms with van der Waals surface area (Å²) in [7, 11) is 0. The number of aliphatic hydroxyl groups is 1. The zero-order chi connectivity index (χ0) is 11.5. The molecule has 1 heterocycles. The maximum absolute atomic E-state index is 13.0. The quantitative estimate of drug-likeness (QED) is 0.784. The summed E-state index contributed by atoms with van der Waals surface area (Å²) < 4.78 is 13.0. The summed E-state index contributed by atoms with van der Waals surface area (Å²) in [6.07, 6.45) is 1.50. The molecule has 2 nitrogen and oxygen atoms in total. The molecule has 0 radical (unpaired) electrons. The fraction of sp³-hybridized carbons (Fsp3) is 0.154. The van der Waals surface area contributed by atoms with Crippen LogP contribution in [0.1, 0.15) is 11.1 Å². The minimum absolute atomic E-state index is 0.00143. The second-order valence-corrected chi connectivity index (χ2v) is 3.69. The molecule has 0 unspecified atom stereocenters. The molecule has 2 aromatic rings. The van der Waals surface area contributed by atoms with Crippen LogP contribution in [0.4, 0.5) is 4.39 Å². The van der Waals surface area contributed by atoms with Crippen molar-refractivity contribution in [3.05, 3.63) is 53.6 Å². The molecule has 1 N–H and O–H groups in total. The van der Waals surface area contributed by atoms with E-state index in [2.05, 4.69) is 4.98 Å². The van der Waals surface area contributed by atoms with Crippen LogP contribution in [0.15, 0.2) is 36.5 Å². The third-order valence-electron chi connectivity index (χ3n) is 2.46. The Morgan fingerprint density at radius 2 is 2.06 bits per heavy atom. The van der Waals surface area contributed by atoms with E-state index in [-0.39, 0.29) is 6.61 Å². The van der Waals surface area contributed by atoms with E-state index in [1.165, 1.54) is 6.20 Å². The van der Waals surface area contributed by atoms with Crippen LogP contribution >= 0.6 is 0 Å². The van der Waals surface area contributed by atoms with Gasteiger partial charge in [0, 0.05) is 17.3 Å². The molecule has 0 aliphatic carbocycles. The molecule has 2 rings (SSSR count). The van der Waals surface area contributed by atoms with Crippen LogP contribution in [-0.2, 0) is 6.61 Å². The standard InChI is InChI=1S/C13H12FNO/c1-9-5-12(7-15-13(9)14)11-4-2-3-10(6-11)8-16/h2-7,16H,8H2,1H3. The lowest BCUT2D eigenvalue weighted by molar-refractivity contribution is 0.282. The smallest absolute Gasteiger partial charge is 0.215 e. The van der Waals surface area contributed by atoms with Crippen molar-refractivity contribution in [2.45, 2.75) is 13.5 Å². The fourth-order valence-corrected chi connectivity index (χ4v) is 1.57. The number of pyridine rings is 1. The Hall–Kier alpha value is -1.74. The van der Waals surface area contributed by atoms with Gasteiger partial charge >= 0.3 is 0 Å². The van der Waals surface area contributed by atoms with Gasteiger partial charge in [-0.1, -0.05) is 18.2 Å². The van der Waals surface area contributed by atoms with Crippen LogP contribution in [-0.4, -0.2) is 10.1 Å². The zero-order valence-electron chi connectivity index (χ0n) is 8.94. The minimum atomic E-state index is -0.443. The van der Waals surface area contributed by atoms with E-state index in [1.807, 2.05) is 24.3 Å². The second kappa shape index (κ2) is 4.41. The van der Waals surface area contributed by atoms with E-state index in [4.69, 9.17) is 5.11 Å². The number of hydrogen-bond donors (Lipinski definition) is 1. The summed E-state index contributed by atoms with van der Waals surface area (Å²) in [6, 6.07) is 9.23. The van der Waals surface area contributed by atoms with Gasteiger partial charge in [0.1, 0.15) is 0 Å². The summed E-state index contributed by atoms with van der Waals surface area (Å²) in [5.74, 6) is -0.443. The Labute approximate surface area is 93.4 Å². The van der Waals surface area contributed by atoms with E-state index in [1.54, 1.807) is 13.0 Å². The largest absolute Gasteiger partial charge is 0.392 e. The summed E-state index contributed by atoms with van der Waals surface area (Å²) in [5.41, 5.74) is 3.14. The van der Waals surface area contributed by atoms with Gasteiger partial charge in [-0.25, -0.2) is 4.98 Å². The molecule has 0 spiro atoms. The molecule has 0 amide bonds. The molecule has 1 aromatic heterocycles. The van der Waals surface area contributed by atoms with Crippen LogP contribution in [0.5, 0.6) is 0 Å². The van der Waals surface area contributed by atoms with Gasteiger partial charge < -0.3 is 5.11 Å². The fourth-order valence-electron chi connectivity index (χ4n) is 1.57. The van der Waals surface area contributed by atoms with E-state index >= 15 is 0 Å². The lowest BCUT2D eigenvalue weighted by Gasteiger charge is -2.04. The number of aliphatic hydroxyl groups excluding tert-OH is 1. The highest BCUT2D eigenvalue weighted by atomic mass is 19.1. The highest BCUT2D eigenvalue weighted by Gasteiger charge is 2.03. The van der Waals surface area contributed by atoms with Crippen molar-refractivity contribution in [2.75, 3.05) is 0 Å². The van der Waals surface area contributed by atoms with Crippen molar-refractivity contribution < 1.29 is 9.50 Å². The van der Waals surface area contributed by atoms with Crippen molar-refractivity contribution in [1.82, 2.24) is 4.98 Å². The van der Waals surface area contributed by atoms with E-state index in [0.29, 0.717) is 5.56 Å². The van der Waals surface area contributed by atoms with Gasteiger partial charge in [0.2, 0.25) is 5.95 Å². The molecule has 0 fully saturated rings. The molecule has 0 saturated heterocycles. The number of halogens is 1. The van der Waals surface area contributed by atoms with Crippen molar-refractivity contribution in [2.24, 2.45) is 0 Å². The SMILES string of the molecule is Cc1cc(-c2cccc(CO)c2)cnc1F. The van der Waals surface area contributed by atoms with Gasteiger partial charge in [-0.15, -0.1) is 0 Å². The molecular formula is C13H12FNO. The summed E-state index contributed by atoms with van der Waals surface area (Å²) >= 11 is 0. The maximum Gasteiger partial charge on any atom is 0.215 e. The highest BCUT2D eigenvalue weighted by molar-refractivity contribution is 5.63. The number of aryl methyl sites for hydroxylation is 1. The molecule has 0 bridgehead atoms. The van der Waals surface area contributed by atoms with Gasteiger partial charge in [0.15, 0.2) is 0 Å². The normalized spacial score (nSPS) is 10.4. The zero-order valence-corrected chi connectivity index (χ0v) is 8.94. The van der Waals surface area contributed by atoms with Gasteiger partial charge in [0.25, 0.3) is 0 Å². The minimum Gasteiger partial charge on any atom is -0.392 e. The number of nitrogens with zero attached hydrogens (tertiary/aromatic N) is 1. The summed E-state index contributed by atoms with van der Waals surface area (Å²) in [4.78, 5) is 3.68. The predicted molar refractivity (Wildman–Crippen MR) is 60.3 cm³/mol. The average molecular weight is 217 g/mol. The first-order chi connectivity index (χ1) is 7.70. The molecule has 0 aliphatic heterocycles.